The van der Waals surface area contributed by atoms with Crippen molar-refractivity contribution >= 4 is 5.69 Å². The molecular weight excluding hydrogens is 333 g/mol. The zero-order valence-corrected chi connectivity index (χ0v) is 14.9. The number of anilines is 1. The molecule has 2 aromatic rings. The van der Waals surface area contributed by atoms with Crippen molar-refractivity contribution < 1.29 is 9.50 Å². The van der Waals surface area contributed by atoms with Gasteiger partial charge < -0.3 is 15.3 Å². The van der Waals surface area contributed by atoms with Crippen LogP contribution in [0.2, 0.25) is 0 Å². The number of aliphatic hydroxyl groups excluding tert-OH is 1. The molecule has 1 aliphatic heterocycles. The van der Waals surface area contributed by atoms with E-state index in [1.165, 1.54) is 25.2 Å². The summed E-state index contributed by atoms with van der Waals surface area (Å²) in [4.78, 5) is 6.48. The molecule has 1 saturated carbocycles. The van der Waals surface area contributed by atoms with Gasteiger partial charge in [0, 0.05) is 43.3 Å². The zero-order chi connectivity index (χ0) is 17.9. The van der Waals surface area contributed by atoms with E-state index >= 15 is 0 Å². The van der Waals surface area contributed by atoms with Gasteiger partial charge in [0.05, 0.1) is 6.10 Å². The molecule has 0 amide bonds. The number of aromatic amines is 1. The number of halogens is 1. The van der Waals surface area contributed by atoms with Crippen molar-refractivity contribution in [3.8, 4) is 0 Å². The quantitative estimate of drug-likeness (QED) is 0.737. The number of rotatable bonds is 6. The maximum Gasteiger partial charge on any atom is 0.137 e. The van der Waals surface area contributed by atoms with Crippen LogP contribution in [-0.4, -0.2) is 46.0 Å². The Morgan fingerprint density at radius 3 is 2.88 bits per heavy atom. The smallest absolute Gasteiger partial charge is 0.137 e. The Morgan fingerprint density at radius 1 is 1.27 bits per heavy atom. The van der Waals surface area contributed by atoms with E-state index < -0.39 is 0 Å². The summed E-state index contributed by atoms with van der Waals surface area (Å²) in [6.45, 7) is 3.14. The van der Waals surface area contributed by atoms with Crippen molar-refractivity contribution in [2.24, 2.45) is 5.92 Å². The van der Waals surface area contributed by atoms with Gasteiger partial charge in [-0.3, -0.25) is 5.10 Å². The molecule has 3 atom stereocenters. The SMILES string of the molecule is O[C@@H]1CC(c2ncn[nH]2)C[C@@H]1CNCc1c(F)cccc1N1CCCC1. The molecule has 2 fully saturated rings. The molecule has 0 radical (unpaired) electrons. The highest BCUT2D eigenvalue weighted by molar-refractivity contribution is 5.54. The van der Waals surface area contributed by atoms with E-state index in [1.807, 2.05) is 6.07 Å². The Labute approximate surface area is 152 Å². The fourth-order valence-electron chi connectivity index (χ4n) is 4.32. The molecule has 3 N–H and O–H groups in total. The van der Waals surface area contributed by atoms with Crippen molar-refractivity contribution in [3.05, 3.63) is 41.7 Å². The predicted molar refractivity (Wildman–Crippen MR) is 97.4 cm³/mol. The van der Waals surface area contributed by atoms with Crippen LogP contribution in [0.3, 0.4) is 0 Å². The average molecular weight is 359 g/mol. The molecule has 1 aromatic carbocycles. The van der Waals surface area contributed by atoms with E-state index in [0.717, 1.165) is 36.6 Å². The van der Waals surface area contributed by atoms with Crippen LogP contribution in [0.15, 0.2) is 24.5 Å². The average Bonchev–Trinajstić information content (AvgIpc) is 3.38. The highest BCUT2D eigenvalue weighted by Gasteiger charge is 2.35. The van der Waals surface area contributed by atoms with Crippen LogP contribution in [0, 0.1) is 11.7 Å². The second-order valence-corrected chi connectivity index (χ2v) is 7.43. The zero-order valence-electron chi connectivity index (χ0n) is 14.9. The minimum Gasteiger partial charge on any atom is -0.393 e. The summed E-state index contributed by atoms with van der Waals surface area (Å²) in [7, 11) is 0. The summed E-state index contributed by atoms with van der Waals surface area (Å²) in [5, 5.41) is 20.5. The Hall–Kier alpha value is -1.99. The lowest BCUT2D eigenvalue weighted by Gasteiger charge is -2.23. The van der Waals surface area contributed by atoms with Crippen molar-refractivity contribution in [1.29, 1.82) is 0 Å². The molecule has 1 saturated heterocycles. The maximum atomic E-state index is 14.4. The van der Waals surface area contributed by atoms with Gasteiger partial charge in [-0.1, -0.05) is 6.07 Å². The molecule has 1 aromatic heterocycles. The number of aromatic nitrogens is 3. The minimum atomic E-state index is -0.365. The van der Waals surface area contributed by atoms with Gasteiger partial charge in [-0.25, -0.2) is 9.37 Å². The number of nitrogens with one attached hydrogen (secondary N) is 2. The van der Waals surface area contributed by atoms with E-state index in [4.69, 9.17) is 0 Å². The summed E-state index contributed by atoms with van der Waals surface area (Å²) in [6.07, 6.45) is 5.03. The van der Waals surface area contributed by atoms with Gasteiger partial charge in [-0.2, -0.15) is 5.10 Å². The molecule has 7 heteroatoms. The van der Waals surface area contributed by atoms with Crippen molar-refractivity contribution in [2.75, 3.05) is 24.5 Å². The second-order valence-electron chi connectivity index (χ2n) is 7.43. The van der Waals surface area contributed by atoms with Crippen LogP contribution in [0.4, 0.5) is 10.1 Å². The number of hydrogen-bond acceptors (Lipinski definition) is 5. The number of hydrogen-bond donors (Lipinski definition) is 3. The number of nitrogens with zero attached hydrogens (tertiary/aromatic N) is 3. The fourth-order valence-corrected chi connectivity index (χ4v) is 4.32. The fraction of sp³-hybridized carbons (Fsp3) is 0.579. The Balaban J connectivity index is 1.36. The van der Waals surface area contributed by atoms with Crippen LogP contribution in [0.5, 0.6) is 0 Å². The van der Waals surface area contributed by atoms with Crippen molar-refractivity contribution in [1.82, 2.24) is 20.5 Å². The summed E-state index contributed by atoms with van der Waals surface area (Å²) in [5.41, 5.74) is 1.73. The highest BCUT2D eigenvalue weighted by atomic mass is 19.1. The van der Waals surface area contributed by atoms with Gasteiger partial charge in [0.25, 0.3) is 0 Å². The number of aliphatic hydroxyl groups is 1. The van der Waals surface area contributed by atoms with Crippen LogP contribution < -0.4 is 10.2 Å². The highest BCUT2D eigenvalue weighted by Crippen LogP contribution is 2.36. The molecule has 2 heterocycles. The molecule has 140 valence electrons. The lowest BCUT2D eigenvalue weighted by Crippen LogP contribution is -2.29. The lowest BCUT2D eigenvalue weighted by molar-refractivity contribution is 0.131. The van der Waals surface area contributed by atoms with Gasteiger partial charge in [0.2, 0.25) is 0 Å². The Morgan fingerprint density at radius 2 is 2.12 bits per heavy atom. The van der Waals surface area contributed by atoms with Crippen molar-refractivity contribution in [2.45, 2.75) is 44.2 Å². The lowest BCUT2D eigenvalue weighted by atomic mass is 10.0. The summed E-state index contributed by atoms with van der Waals surface area (Å²) < 4.78 is 14.4. The van der Waals surface area contributed by atoms with E-state index in [1.54, 1.807) is 6.07 Å². The monoisotopic (exact) mass is 359 g/mol. The van der Waals surface area contributed by atoms with Gasteiger partial charge >= 0.3 is 0 Å². The molecule has 1 unspecified atom stereocenters. The topological polar surface area (TPSA) is 77.1 Å². The standard InChI is InChI=1S/C19H26FN5O/c20-16-4-3-5-17(25-6-1-2-7-25)15(16)11-21-10-14-8-13(9-18(14)26)19-22-12-23-24-19/h3-5,12-14,18,21,26H,1-2,6-11H2,(H,22,23,24)/t13?,14-,18-/m1/s1. The maximum absolute atomic E-state index is 14.4. The second kappa shape index (κ2) is 7.72. The predicted octanol–water partition coefficient (Wildman–Crippen LogP) is 2.19. The van der Waals surface area contributed by atoms with E-state index in [2.05, 4.69) is 25.4 Å². The Bertz CT molecular complexity index is 717. The van der Waals surface area contributed by atoms with Gasteiger partial charge in [0.1, 0.15) is 18.0 Å². The Kier molecular flexibility index (Phi) is 5.17. The number of H-pyrrole nitrogens is 1. The minimum absolute atomic E-state index is 0.145. The summed E-state index contributed by atoms with van der Waals surface area (Å²) in [5.74, 6) is 1.05. The normalized spacial score (nSPS) is 25.9. The van der Waals surface area contributed by atoms with Crippen LogP contribution in [-0.2, 0) is 6.54 Å². The van der Waals surface area contributed by atoms with E-state index in [-0.39, 0.29) is 23.8 Å². The molecule has 2 aliphatic rings. The first-order valence-corrected chi connectivity index (χ1v) is 9.48. The third-order valence-electron chi connectivity index (χ3n) is 5.73. The molecule has 0 bridgehead atoms. The van der Waals surface area contributed by atoms with E-state index in [0.29, 0.717) is 19.5 Å². The first-order chi connectivity index (χ1) is 12.7. The summed E-state index contributed by atoms with van der Waals surface area (Å²) >= 11 is 0. The molecular formula is C19H26FN5O. The first kappa shape index (κ1) is 17.4. The van der Waals surface area contributed by atoms with Crippen molar-refractivity contribution in [3.63, 3.8) is 0 Å². The van der Waals surface area contributed by atoms with Gasteiger partial charge in [-0.05, 0) is 43.7 Å². The van der Waals surface area contributed by atoms with Crippen LogP contribution >= 0.6 is 0 Å². The van der Waals surface area contributed by atoms with Crippen LogP contribution in [0.25, 0.3) is 0 Å². The molecule has 6 nitrogen and oxygen atoms in total. The van der Waals surface area contributed by atoms with Crippen LogP contribution in [0.1, 0.15) is 43.0 Å². The molecule has 4 rings (SSSR count). The third kappa shape index (κ3) is 3.59. The first-order valence-electron chi connectivity index (χ1n) is 9.48. The van der Waals surface area contributed by atoms with Gasteiger partial charge in [-0.15, -0.1) is 0 Å². The van der Waals surface area contributed by atoms with E-state index in [9.17, 15) is 9.50 Å². The summed E-state index contributed by atoms with van der Waals surface area (Å²) in [6, 6.07) is 5.33. The molecule has 1 aliphatic carbocycles. The number of benzene rings is 1. The molecule has 26 heavy (non-hydrogen) atoms. The third-order valence-corrected chi connectivity index (χ3v) is 5.73. The van der Waals surface area contributed by atoms with Gasteiger partial charge in [0.15, 0.2) is 0 Å². The largest absolute Gasteiger partial charge is 0.393 e. The molecule has 0 spiro atoms.